The summed E-state index contributed by atoms with van der Waals surface area (Å²) in [6.07, 6.45) is 0. The smallest absolute Gasteiger partial charge is 0.165 e. The molecule has 3 nitrogen and oxygen atoms in total. The third kappa shape index (κ3) is 3.13. The SMILES string of the molecule is N=C(N)c1c(Br)cccc1Oc1cc(Br)ccc1F. The van der Waals surface area contributed by atoms with Gasteiger partial charge in [0.1, 0.15) is 11.6 Å². The highest BCUT2D eigenvalue weighted by atomic mass is 79.9. The zero-order valence-electron chi connectivity index (χ0n) is 9.58. The molecule has 0 aliphatic heterocycles. The van der Waals surface area contributed by atoms with Gasteiger partial charge < -0.3 is 10.5 Å². The summed E-state index contributed by atoms with van der Waals surface area (Å²) in [4.78, 5) is 0. The van der Waals surface area contributed by atoms with E-state index in [9.17, 15) is 4.39 Å². The Balaban J connectivity index is 2.46. The van der Waals surface area contributed by atoms with Crippen LogP contribution in [0.5, 0.6) is 11.5 Å². The minimum Gasteiger partial charge on any atom is -0.453 e. The van der Waals surface area contributed by atoms with Crippen LogP contribution in [0.25, 0.3) is 0 Å². The first-order chi connectivity index (χ1) is 8.99. The van der Waals surface area contributed by atoms with E-state index < -0.39 is 5.82 Å². The molecule has 19 heavy (non-hydrogen) atoms. The van der Waals surface area contributed by atoms with Crippen molar-refractivity contribution in [2.75, 3.05) is 0 Å². The number of hydrogen-bond acceptors (Lipinski definition) is 2. The molecule has 98 valence electrons. The van der Waals surface area contributed by atoms with E-state index >= 15 is 0 Å². The van der Waals surface area contributed by atoms with Crippen LogP contribution >= 0.6 is 31.9 Å². The number of halogens is 3. The molecule has 0 unspecified atom stereocenters. The number of ether oxygens (including phenoxy) is 1. The standard InChI is InChI=1S/C13H9Br2FN2O/c14-7-4-5-9(16)11(6-7)19-10-3-1-2-8(15)12(10)13(17)18/h1-6H,(H3,17,18). The maximum Gasteiger partial charge on any atom is 0.165 e. The molecule has 0 atom stereocenters. The summed E-state index contributed by atoms with van der Waals surface area (Å²) in [5.41, 5.74) is 5.90. The number of rotatable bonds is 3. The molecule has 0 radical (unpaired) electrons. The molecule has 0 spiro atoms. The third-order valence-electron chi connectivity index (χ3n) is 2.36. The topological polar surface area (TPSA) is 59.1 Å². The number of nitrogens with one attached hydrogen (secondary N) is 1. The maximum absolute atomic E-state index is 13.6. The molecule has 0 heterocycles. The van der Waals surface area contributed by atoms with Crippen molar-refractivity contribution in [3.63, 3.8) is 0 Å². The first kappa shape index (κ1) is 14.0. The van der Waals surface area contributed by atoms with E-state index in [0.717, 1.165) is 0 Å². The summed E-state index contributed by atoms with van der Waals surface area (Å²) in [5, 5.41) is 7.54. The fourth-order valence-corrected chi connectivity index (χ4v) is 2.43. The van der Waals surface area contributed by atoms with Gasteiger partial charge in [-0.3, -0.25) is 5.41 Å². The molecule has 2 rings (SSSR count). The van der Waals surface area contributed by atoms with Crippen molar-refractivity contribution in [1.82, 2.24) is 0 Å². The molecule has 0 amide bonds. The molecule has 0 bridgehead atoms. The van der Waals surface area contributed by atoms with E-state index in [4.69, 9.17) is 15.9 Å². The second-order valence-corrected chi connectivity index (χ2v) is 5.47. The Morgan fingerprint density at radius 1 is 1.16 bits per heavy atom. The van der Waals surface area contributed by atoms with E-state index in [1.165, 1.54) is 12.1 Å². The Bertz CT molecular complexity index is 647. The minimum atomic E-state index is -0.488. The van der Waals surface area contributed by atoms with E-state index in [1.54, 1.807) is 24.3 Å². The van der Waals surface area contributed by atoms with Crippen LogP contribution in [0.4, 0.5) is 4.39 Å². The first-order valence-corrected chi connectivity index (χ1v) is 6.83. The summed E-state index contributed by atoms with van der Waals surface area (Å²) >= 11 is 6.54. The lowest BCUT2D eigenvalue weighted by molar-refractivity contribution is 0.441. The lowest BCUT2D eigenvalue weighted by atomic mass is 10.2. The zero-order valence-corrected chi connectivity index (χ0v) is 12.8. The molecule has 2 aromatic carbocycles. The van der Waals surface area contributed by atoms with Crippen LogP contribution in [0.1, 0.15) is 5.56 Å². The van der Waals surface area contributed by atoms with Gasteiger partial charge in [0.2, 0.25) is 0 Å². The highest BCUT2D eigenvalue weighted by molar-refractivity contribution is 9.10. The highest BCUT2D eigenvalue weighted by Gasteiger charge is 2.13. The van der Waals surface area contributed by atoms with Crippen molar-refractivity contribution >= 4 is 37.7 Å². The number of benzene rings is 2. The van der Waals surface area contributed by atoms with Crippen LogP contribution in [0.15, 0.2) is 45.3 Å². The van der Waals surface area contributed by atoms with E-state index in [2.05, 4.69) is 31.9 Å². The van der Waals surface area contributed by atoms with Crippen molar-refractivity contribution in [2.45, 2.75) is 0 Å². The molecule has 6 heteroatoms. The lowest BCUT2D eigenvalue weighted by Crippen LogP contribution is -2.13. The zero-order chi connectivity index (χ0) is 14.0. The summed E-state index contributed by atoms with van der Waals surface area (Å²) in [5.74, 6) is -0.260. The van der Waals surface area contributed by atoms with Crippen LogP contribution in [-0.4, -0.2) is 5.84 Å². The summed E-state index contributed by atoms with van der Waals surface area (Å²) in [6, 6.07) is 9.48. The van der Waals surface area contributed by atoms with Gasteiger partial charge in [0, 0.05) is 8.95 Å². The lowest BCUT2D eigenvalue weighted by Gasteiger charge is -2.12. The third-order valence-corrected chi connectivity index (χ3v) is 3.51. The normalized spacial score (nSPS) is 10.3. The fraction of sp³-hybridized carbons (Fsp3) is 0. The Kier molecular flexibility index (Phi) is 4.21. The molecule has 2 aromatic rings. The van der Waals surface area contributed by atoms with E-state index in [0.29, 0.717) is 20.3 Å². The molecular weight excluding hydrogens is 379 g/mol. The van der Waals surface area contributed by atoms with Crippen LogP contribution in [0.2, 0.25) is 0 Å². The predicted octanol–water partition coefficient (Wildman–Crippen LogP) is 4.43. The quantitative estimate of drug-likeness (QED) is 0.604. The Morgan fingerprint density at radius 2 is 1.89 bits per heavy atom. The van der Waals surface area contributed by atoms with Crippen molar-refractivity contribution in [3.05, 3.63) is 56.7 Å². The fourth-order valence-electron chi connectivity index (χ4n) is 1.52. The first-order valence-electron chi connectivity index (χ1n) is 5.25. The summed E-state index contributed by atoms with van der Waals surface area (Å²) < 4.78 is 20.5. The summed E-state index contributed by atoms with van der Waals surface area (Å²) in [6.45, 7) is 0. The molecule has 0 aliphatic rings. The minimum absolute atomic E-state index is 0.0648. The van der Waals surface area contributed by atoms with Crippen LogP contribution < -0.4 is 10.5 Å². The summed E-state index contributed by atoms with van der Waals surface area (Å²) in [7, 11) is 0. The van der Waals surface area contributed by atoms with Gasteiger partial charge in [-0.05, 0) is 46.3 Å². The predicted molar refractivity (Wildman–Crippen MR) is 79.3 cm³/mol. The molecule has 0 fully saturated rings. The van der Waals surface area contributed by atoms with Gasteiger partial charge in [0.25, 0.3) is 0 Å². The number of nitrogens with two attached hydrogens (primary N) is 1. The molecular formula is C13H9Br2FN2O. The van der Waals surface area contributed by atoms with E-state index in [-0.39, 0.29) is 11.6 Å². The van der Waals surface area contributed by atoms with Gasteiger partial charge in [-0.2, -0.15) is 0 Å². The second-order valence-electron chi connectivity index (χ2n) is 3.70. The Hall–Kier alpha value is -1.40. The van der Waals surface area contributed by atoms with Gasteiger partial charge in [-0.15, -0.1) is 0 Å². The van der Waals surface area contributed by atoms with Crippen LogP contribution in [-0.2, 0) is 0 Å². The largest absolute Gasteiger partial charge is 0.453 e. The van der Waals surface area contributed by atoms with E-state index in [1.807, 2.05) is 0 Å². The van der Waals surface area contributed by atoms with Crippen LogP contribution in [0.3, 0.4) is 0 Å². The van der Waals surface area contributed by atoms with Crippen molar-refractivity contribution in [2.24, 2.45) is 5.73 Å². The molecule has 3 N–H and O–H groups in total. The second kappa shape index (κ2) is 5.71. The van der Waals surface area contributed by atoms with Crippen molar-refractivity contribution in [1.29, 1.82) is 5.41 Å². The van der Waals surface area contributed by atoms with Gasteiger partial charge in [0.15, 0.2) is 11.6 Å². The van der Waals surface area contributed by atoms with Gasteiger partial charge in [-0.1, -0.05) is 22.0 Å². The van der Waals surface area contributed by atoms with Crippen molar-refractivity contribution < 1.29 is 9.13 Å². The monoisotopic (exact) mass is 386 g/mol. The highest BCUT2D eigenvalue weighted by Crippen LogP contribution is 2.32. The number of nitrogen functional groups attached to an aromatic ring is 1. The number of hydrogen-bond donors (Lipinski definition) is 2. The average Bonchev–Trinajstić information content (AvgIpc) is 2.33. The Morgan fingerprint density at radius 3 is 2.58 bits per heavy atom. The Labute approximate surface area is 126 Å². The van der Waals surface area contributed by atoms with Crippen LogP contribution in [0, 0.1) is 11.2 Å². The van der Waals surface area contributed by atoms with Crippen molar-refractivity contribution in [3.8, 4) is 11.5 Å². The van der Waals surface area contributed by atoms with Gasteiger partial charge >= 0.3 is 0 Å². The maximum atomic E-state index is 13.6. The van der Waals surface area contributed by atoms with Gasteiger partial charge in [0.05, 0.1) is 5.56 Å². The molecule has 0 aliphatic carbocycles. The molecule has 0 aromatic heterocycles. The molecule has 0 saturated carbocycles. The average molecular weight is 388 g/mol. The van der Waals surface area contributed by atoms with Gasteiger partial charge in [-0.25, -0.2) is 4.39 Å². The molecule has 0 saturated heterocycles. The number of amidine groups is 1.